The first kappa shape index (κ1) is 12.0. The highest BCUT2D eigenvalue weighted by atomic mass is 16.4. The van der Waals surface area contributed by atoms with E-state index in [4.69, 9.17) is 5.26 Å². The molecule has 1 heterocycles. The first-order valence-electron chi connectivity index (χ1n) is 5.21. The van der Waals surface area contributed by atoms with Crippen molar-refractivity contribution in [3.05, 3.63) is 41.1 Å². The number of nitrogens with zero attached hydrogens (tertiary/aromatic N) is 4. The van der Waals surface area contributed by atoms with E-state index in [2.05, 4.69) is 10.3 Å². The van der Waals surface area contributed by atoms with Gasteiger partial charge in [-0.1, -0.05) is 17.2 Å². The van der Waals surface area contributed by atoms with Crippen LogP contribution in [0.3, 0.4) is 0 Å². The molecule has 0 fully saturated rings. The van der Waals surface area contributed by atoms with Gasteiger partial charge in [-0.3, -0.25) is 0 Å². The molecule has 0 spiro atoms. The van der Waals surface area contributed by atoms with Crippen LogP contribution in [0.25, 0.3) is 5.70 Å². The van der Waals surface area contributed by atoms with Crippen molar-refractivity contribution in [1.82, 2.24) is 0 Å². The SMILES string of the molecule is C[N+]1(C)N=NC(c2ccc(C#N)cc2)=C1C(=O)O. The van der Waals surface area contributed by atoms with Gasteiger partial charge in [0.15, 0.2) is 5.70 Å². The van der Waals surface area contributed by atoms with E-state index in [0.717, 1.165) is 0 Å². The first-order valence-corrected chi connectivity index (χ1v) is 5.21. The zero-order valence-corrected chi connectivity index (χ0v) is 9.95. The summed E-state index contributed by atoms with van der Waals surface area (Å²) in [6.07, 6.45) is 0. The number of nitriles is 1. The molecule has 0 bridgehead atoms. The molecule has 1 aromatic carbocycles. The van der Waals surface area contributed by atoms with Crippen LogP contribution in [-0.4, -0.2) is 29.8 Å². The lowest BCUT2D eigenvalue weighted by Gasteiger charge is -2.15. The molecule has 1 N–H and O–H groups in total. The number of hydrogen-bond acceptors (Lipinski definition) is 4. The molecule has 1 aliphatic heterocycles. The van der Waals surface area contributed by atoms with Crippen molar-refractivity contribution in [2.24, 2.45) is 10.3 Å². The molecule has 0 atom stereocenters. The normalized spacial score (nSPS) is 16.7. The van der Waals surface area contributed by atoms with Gasteiger partial charge in [0.1, 0.15) is 0 Å². The van der Waals surface area contributed by atoms with Gasteiger partial charge in [-0.15, -0.1) is 4.59 Å². The lowest BCUT2D eigenvalue weighted by molar-refractivity contribution is -0.855. The molecule has 0 aliphatic carbocycles. The number of hydrogen-bond donors (Lipinski definition) is 1. The molecule has 0 amide bonds. The van der Waals surface area contributed by atoms with Gasteiger partial charge in [0.05, 0.1) is 25.7 Å². The zero-order valence-electron chi connectivity index (χ0n) is 9.95. The van der Waals surface area contributed by atoms with E-state index in [0.29, 0.717) is 16.8 Å². The van der Waals surface area contributed by atoms with Crippen LogP contribution in [0, 0.1) is 11.3 Å². The van der Waals surface area contributed by atoms with Gasteiger partial charge < -0.3 is 5.11 Å². The van der Waals surface area contributed by atoms with E-state index in [1.54, 1.807) is 38.4 Å². The van der Waals surface area contributed by atoms with Crippen molar-refractivity contribution < 1.29 is 14.5 Å². The molecule has 6 heteroatoms. The third-order valence-corrected chi connectivity index (χ3v) is 2.63. The van der Waals surface area contributed by atoms with Crippen molar-refractivity contribution >= 4 is 11.7 Å². The topological polar surface area (TPSA) is 85.8 Å². The summed E-state index contributed by atoms with van der Waals surface area (Å²) in [7, 11) is 3.28. The molecule has 6 nitrogen and oxygen atoms in total. The first-order chi connectivity index (χ1) is 8.45. The predicted molar refractivity (Wildman–Crippen MR) is 62.7 cm³/mol. The number of benzene rings is 1. The summed E-state index contributed by atoms with van der Waals surface area (Å²) in [4.78, 5) is 11.3. The summed E-state index contributed by atoms with van der Waals surface area (Å²) in [5, 5.41) is 25.8. The Morgan fingerprint density at radius 3 is 2.44 bits per heavy atom. The minimum absolute atomic E-state index is 0.111. The van der Waals surface area contributed by atoms with Crippen LogP contribution in [0.4, 0.5) is 0 Å². The minimum atomic E-state index is -1.05. The molecule has 0 saturated heterocycles. The van der Waals surface area contributed by atoms with Crippen molar-refractivity contribution in [3.8, 4) is 6.07 Å². The molecule has 90 valence electrons. The van der Waals surface area contributed by atoms with Crippen LogP contribution >= 0.6 is 0 Å². The summed E-state index contributed by atoms with van der Waals surface area (Å²) in [6, 6.07) is 8.58. The molecule has 1 aliphatic rings. The van der Waals surface area contributed by atoms with Gasteiger partial charge in [-0.25, -0.2) is 4.79 Å². The Kier molecular flexibility index (Phi) is 2.69. The summed E-state index contributed by atoms with van der Waals surface area (Å²) < 4.78 is -0.148. The smallest absolute Gasteiger partial charge is 0.395 e. The number of carbonyl (C=O) groups is 1. The molecule has 0 aromatic heterocycles. The number of carboxylic acids is 1. The summed E-state index contributed by atoms with van der Waals surface area (Å²) in [5.74, 6) is -1.05. The average Bonchev–Trinajstić information content (AvgIpc) is 2.65. The van der Waals surface area contributed by atoms with E-state index < -0.39 is 5.97 Å². The molecule has 0 radical (unpaired) electrons. The van der Waals surface area contributed by atoms with Crippen LogP contribution in [0.1, 0.15) is 11.1 Å². The van der Waals surface area contributed by atoms with Gasteiger partial charge in [-0.05, 0) is 12.1 Å². The molecule has 0 saturated carbocycles. The Hall–Kier alpha value is -2.52. The maximum Gasteiger partial charge on any atom is 0.395 e. The number of likely N-dealkylation sites (N-methyl/N-ethyl adjacent to an activating group) is 1. The third kappa shape index (κ3) is 1.87. The molecule has 1 aromatic rings. The van der Waals surface area contributed by atoms with E-state index in [-0.39, 0.29) is 10.3 Å². The quantitative estimate of drug-likeness (QED) is 0.803. The van der Waals surface area contributed by atoms with Gasteiger partial charge in [-0.2, -0.15) is 5.26 Å². The Morgan fingerprint density at radius 1 is 1.33 bits per heavy atom. The molecular weight excluding hydrogens is 232 g/mol. The highest BCUT2D eigenvalue weighted by molar-refractivity contribution is 5.94. The Balaban J connectivity index is 2.55. The van der Waals surface area contributed by atoms with Crippen LogP contribution in [0.5, 0.6) is 0 Å². The Morgan fingerprint density at radius 2 is 1.94 bits per heavy atom. The number of aliphatic carboxylic acids is 1. The van der Waals surface area contributed by atoms with Gasteiger partial charge in [0, 0.05) is 10.8 Å². The van der Waals surface area contributed by atoms with Gasteiger partial charge in [0.25, 0.3) is 5.70 Å². The molecule has 0 unspecified atom stereocenters. The number of carboxylic acid groups (broad SMARTS) is 1. The molecular formula is C12H11N4O2+. The summed E-state index contributed by atoms with van der Waals surface area (Å²) >= 11 is 0. The van der Waals surface area contributed by atoms with Gasteiger partial charge in [0.2, 0.25) is 0 Å². The van der Waals surface area contributed by atoms with Crippen molar-refractivity contribution in [2.75, 3.05) is 14.1 Å². The van der Waals surface area contributed by atoms with Crippen LogP contribution in [-0.2, 0) is 4.79 Å². The average molecular weight is 243 g/mol. The number of rotatable bonds is 2. The summed E-state index contributed by atoms with van der Waals surface area (Å²) in [6.45, 7) is 0. The lowest BCUT2D eigenvalue weighted by atomic mass is 10.1. The maximum absolute atomic E-state index is 11.3. The zero-order chi connectivity index (χ0) is 13.3. The second kappa shape index (κ2) is 4.05. The summed E-state index contributed by atoms with van der Waals surface area (Å²) in [5.41, 5.74) is 1.59. The maximum atomic E-state index is 11.3. The number of quaternary nitrogens is 1. The van der Waals surface area contributed by atoms with Crippen LogP contribution in [0.2, 0.25) is 0 Å². The monoisotopic (exact) mass is 243 g/mol. The van der Waals surface area contributed by atoms with E-state index in [1.807, 2.05) is 6.07 Å². The lowest BCUT2D eigenvalue weighted by Crippen LogP contribution is -2.34. The highest BCUT2D eigenvalue weighted by Gasteiger charge is 2.39. The van der Waals surface area contributed by atoms with Crippen molar-refractivity contribution in [2.45, 2.75) is 0 Å². The second-order valence-corrected chi connectivity index (χ2v) is 4.28. The van der Waals surface area contributed by atoms with Crippen molar-refractivity contribution in [1.29, 1.82) is 5.26 Å². The van der Waals surface area contributed by atoms with Crippen LogP contribution < -0.4 is 0 Å². The predicted octanol–water partition coefficient (Wildman–Crippen LogP) is 1.77. The van der Waals surface area contributed by atoms with Crippen molar-refractivity contribution in [3.63, 3.8) is 0 Å². The minimum Gasteiger partial charge on any atom is -0.474 e. The fraction of sp³-hybridized carbons (Fsp3) is 0.167. The van der Waals surface area contributed by atoms with E-state index in [1.165, 1.54) is 0 Å². The van der Waals surface area contributed by atoms with Crippen LogP contribution in [0.15, 0.2) is 40.3 Å². The largest absolute Gasteiger partial charge is 0.474 e. The van der Waals surface area contributed by atoms with E-state index in [9.17, 15) is 9.90 Å². The fourth-order valence-electron chi connectivity index (χ4n) is 1.74. The highest BCUT2D eigenvalue weighted by Crippen LogP contribution is 2.32. The second-order valence-electron chi connectivity index (χ2n) is 4.28. The molecule has 2 rings (SSSR count). The Labute approximate surface area is 104 Å². The molecule has 18 heavy (non-hydrogen) atoms. The Bertz CT molecular complexity index is 606. The van der Waals surface area contributed by atoms with E-state index >= 15 is 0 Å². The van der Waals surface area contributed by atoms with Gasteiger partial charge >= 0.3 is 5.97 Å². The fourth-order valence-corrected chi connectivity index (χ4v) is 1.74. The third-order valence-electron chi connectivity index (χ3n) is 2.63. The standard InChI is InChI=1S/C12H10N4O2/c1-16(2)11(12(17)18)10(14-15-16)9-5-3-8(7-13)4-6-9/h3-6H,1-2H3/p+1.